The normalized spacial score (nSPS) is 24.4. The molecule has 1 aromatic heterocycles. The van der Waals surface area contributed by atoms with Crippen molar-refractivity contribution in [3.63, 3.8) is 0 Å². The zero-order valence-corrected chi connectivity index (χ0v) is 19.7. The van der Waals surface area contributed by atoms with Crippen LogP contribution >= 0.6 is 11.8 Å². The minimum Gasteiger partial charge on any atom is -0.463 e. The quantitative estimate of drug-likeness (QED) is 0.497. The number of amidine groups is 1. The van der Waals surface area contributed by atoms with Crippen molar-refractivity contribution in [3.8, 4) is 18.2 Å². The van der Waals surface area contributed by atoms with E-state index in [-0.39, 0.29) is 46.4 Å². The smallest absolute Gasteiger partial charge is 0.275 e. The van der Waals surface area contributed by atoms with Crippen molar-refractivity contribution in [2.24, 2.45) is 16.6 Å². The van der Waals surface area contributed by atoms with E-state index in [4.69, 9.17) is 16.9 Å². The summed E-state index contributed by atoms with van der Waals surface area (Å²) < 4.78 is 34.3. The van der Waals surface area contributed by atoms with Gasteiger partial charge in [0.1, 0.15) is 5.69 Å². The van der Waals surface area contributed by atoms with Gasteiger partial charge in [0, 0.05) is 41.5 Å². The van der Waals surface area contributed by atoms with Gasteiger partial charge in [-0.15, -0.1) is 6.42 Å². The van der Waals surface area contributed by atoms with Gasteiger partial charge < -0.3 is 21.1 Å². The van der Waals surface area contributed by atoms with E-state index in [1.165, 1.54) is 37.1 Å². The lowest BCUT2D eigenvalue weighted by Crippen LogP contribution is -2.41. The molecular formula is C23H22F2N6O3S. The van der Waals surface area contributed by atoms with Gasteiger partial charge in [0.2, 0.25) is 11.8 Å². The molecule has 0 spiro atoms. The van der Waals surface area contributed by atoms with E-state index >= 15 is 4.39 Å². The van der Waals surface area contributed by atoms with Crippen LogP contribution in [0.15, 0.2) is 29.5 Å². The zero-order chi connectivity index (χ0) is 25.4. The van der Waals surface area contributed by atoms with Gasteiger partial charge in [0.25, 0.3) is 5.91 Å². The lowest BCUT2D eigenvalue weighted by atomic mass is 9.85. The van der Waals surface area contributed by atoms with Gasteiger partial charge in [-0.2, -0.15) is 0 Å². The number of hydrogen-bond donors (Lipinski definition) is 3. The first-order valence-electron chi connectivity index (χ1n) is 10.6. The predicted octanol–water partition coefficient (Wildman–Crippen LogP) is 2.19. The number of aromatic nitrogens is 2. The van der Waals surface area contributed by atoms with Crippen molar-refractivity contribution in [3.05, 3.63) is 47.4 Å². The lowest BCUT2D eigenvalue weighted by Gasteiger charge is -2.34. The number of nitrogens with zero attached hydrogens (tertiary/aromatic N) is 3. The van der Waals surface area contributed by atoms with Crippen molar-refractivity contribution >= 4 is 34.4 Å². The summed E-state index contributed by atoms with van der Waals surface area (Å²) in [6, 6.07) is 2.21. The molecule has 1 saturated carbocycles. The van der Waals surface area contributed by atoms with Gasteiger partial charge in [-0.05, 0) is 19.4 Å². The molecule has 1 aromatic carbocycles. The van der Waals surface area contributed by atoms with E-state index in [0.29, 0.717) is 13.0 Å². The number of hydrogen-bond acceptors (Lipinski definition) is 8. The summed E-state index contributed by atoms with van der Waals surface area (Å²) in [7, 11) is 0. The van der Waals surface area contributed by atoms with Crippen LogP contribution in [0.3, 0.4) is 0 Å². The van der Waals surface area contributed by atoms with E-state index in [1.807, 2.05) is 0 Å². The van der Waals surface area contributed by atoms with Crippen molar-refractivity contribution in [2.75, 3.05) is 18.5 Å². The third-order valence-electron chi connectivity index (χ3n) is 5.99. The molecule has 4 rings (SSSR count). The molecule has 2 aliphatic rings. The van der Waals surface area contributed by atoms with Crippen LogP contribution in [-0.2, 0) is 10.3 Å². The number of carbonyl (C=O) groups excluding carboxylic acids is 2. The van der Waals surface area contributed by atoms with Crippen molar-refractivity contribution < 1.29 is 23.1 Å². The number of halogens is 2. The maximum atomic E-state index is 15.1. The number of benzene rings is 1. The van der Waals surface area contributed by atoms with Crippen molar-refractivity contribution in [2.45, 2.75) is 30.6 Å². The molecule has 12 heteroatoms. The number of thioether (sulfide) groups is 1. The van der Waals surface area contributed by atoms with Crippen LogP contribution in [0.5, 0.6) is 5.88 Å². The Bertz CT molecular complexity index is 1270. The summed E-state index contributed by atoms with van der Waals surface area (Å²) in [6.07, 6.45) is 8.11. The fraction of sp³-hybridized carbons (Fsp3) is 0.348. The number of ether oxygens (including phenoxy) is 1. The molecule has 1 aliphatic heterocycles. The molecule has 0 saturated heterocycles. The molecule has 2 heterocycles. The Morgan fingerprint density at radius 2 is 2.11 bits per heavy atom. The molecule has 2 aromatic rings. The number of nitrogens with two attached hydrogens (primary N) is 1. The summed E-state index contributed by atoms with van der Waals surface area (Å²) in [5, 5.41) is 5.50. The Hall–Kier alpha value is -3.72. The Morgan fingerprint density at radius 3 is 2.77 bits per heavy atom. The topological polar surface area (TPSA) is 132 Å². The first kappa shape index (κ1) is 24.4. The highest BCUT2D eigenvalue weighted by Crippen LogP contribution is 2.65. The number of carbonyl (C=O) groups is 2. The Labute approximate surface area is 204 Å². The van der Waals surface area contributed by atoms with Crippen LogP contribution in [0.2, 0.25) is 0 Å². The van der Waals surface area contributed by atoms with Crippen LogP contribution < -0.4 is 21.1 Å². The van der Waals surface area contributed by atoms with Gasteiger partial charge >= 0.3 is 0 Å². The first-order chi connectivity index (χ1) is 16.6. The second-order valence-electron chi connectivity index (χ2n) is 8.44. The highest BCUT2D eigenvalue weighted by atomic mass is 32.2. The fourth-order valence-electron chi connectivity index (χ4n) is 4.25. The Kier molecular flexibility index (Phi) is 6.38. The van der Waals surface area contributed by atoms with E-state index in [0.717, 1.165) is 6.07 Å². The van der Waals surface area contributed by atoms with Gasteiger partial charge in [0.15, 0.2) is 23.4 Å². The van der Waals surface area contributed by atoms with E-state index in [2.05, 4.69) is 31.5 Å². The second kappa shape index (κ2) is 9.14. The van der Waals surface area contributed by atoms with E-state index in [9.17, 15) is 14.0 Å². The van der Waals surface area contributed by atoms with E-state index < -0.39 is 27.8 Å². The van der Waals surface area contributed by atoms with Crippen LogP contribution in [0, 0.1) is 29.9 Å². The number of fused-ring (bicyclic) bond motifs is 1. The molecule has 182 valence electrons. The summed E-state index contributed by atoms with van der Waals surface area (Å²) in [5.74, 6) is -0.899. The average Bonchev–Trinajstić information content (AvgIpc) is 3.54. The molecule has 1 aliphatic carbocycles. The van der Waals surface area contributed by atoms with Crippen LogP contribution in [0.1, 0.15) is 36.3 Å². The predicted molar refractivity (Wildman–Crippen MR) is 127 cm³/mol. The standard InChI is InChI=1S/C23H22F2N6O3S/c1-4-5-34-18-10-27-16(9-28-18)20(33)30-13-6-14(19(25)15(24)7-13)22(3)17-8-23(17,11-29-12(2)32)35-21(26)31-22/h1,6-7,9-10,17H,5,8,11H2,2-3H3,(H2,26,31)(H,29,32)(H,30,33)/t17?,22-,23-/m1/s1. The molecule has 35 heavy (non-hydrogen) atoms. The van der Waals surface area contributed by atoms with Gasteiger partial charge in [-0.3, -0.25) is 14.6 Å². The average molecular weight is 501 g/mol. The lowest BCUT2D eigenvalue weighted by molar-refractivity contribution is -0.119. The van der Waals surface area contributed by atoms with Crippen molar-refractivity contribution in [1.82, 2.24) is 15.3 Å². The number of terminal acetylenes is 1. The highest BCUT2D eigenvalue weighted by Gasteiger charge is 2.66. The molecule has 1 unspecified atom stereocenters. The second-order valence-corrected chi connectivity index (χ2v) is 9.87. The third kappa shape index (κ3) is 4.77. The number of anilines is 1. The number of nitrogens with one attached hydrogen (secondary N) is 2. The molecule has 3 atom stereocenters. The Balaban J connectivity index is 1.60. The number of aliphatic imine (C=N–C) groups is 1. The maximum Gasteiger partial charge on any atom is 0.275 e. The molecular weight excluding hydrogens is 478 g/mol. The Morgan fingerprint density at radius 1 is 1.34 bits per heavy atom. The van der Waals surface area contributed by atoms with Gasteiger partial charge in [-0.1, -0.05) is 17.7 Å². The third-order valence-corrected chi connectivity index (χ3v) is 7.29. The van der Waals surface area contributed by atoms with Crippen LogP contribution in [0.25, 0.3) is 0 Å². The minimum atomic E-state index is -1.20. The van der Waals surface area contributed by atoms with Crippen molar-refractivity contribution in [1.29, 1.82) is 0 Å². The minimum absolute atomic E-state index is 0.00474. The summed E-state index contributed by atoms with van der Waals surface area (Å²) >= 11 is 1.32. The zero-order valence-electron chi connectivity index (χ0n) is 18.9. The largest absolute Gasteiger partial charge is 0.463 e. The highest BCUT2D eigenvalue weighted by molar-refractivity contribution is 8.15. The summed E-state index contributed by atoms with van der Waals surface area (Å²) in [4.78, 5) is 36.4. The first-order valence-corrected chi connectivity index (χ1v) is 11.4. The SMILES string of the molecule is C#CCOc1cnc(C(=O)Nc2cc(F)c(F)c([C@@]3(C)N=C(N)S[C@@]4(CNC(C)=O)CC43)c2)cn1. The summed E-state index contributed by atoms with van der Waals surface area (Å²) in [5.41, 5.74) is 4.76. The molecule has 0 radical (unpaired) electrons. The number of rotatable bonds is 7. The number of amides is 2. The maximum absolute atomic E-state index is 15.1. The van der Waals surface area contributed by atoms with Gasteiger partial charge in [-0.25, -0.2) is 18.7 Å². The van der Waals surface area contributed by atoms with Crippen LogP contribution in [0.4, 0.5) is 14.5 Å². The van der Waals surface area contributed by atoms with Crippen LogP contribution in [-0.4, -0.2) is 44.8 Å². The summed E-state index contributed by atoms with van der Waals surface area (Å²) in [6.45, 7) is 3.39. The molecule has 1 fully saturated rings. The molecule has 4 N–H and O–H groups in total. The van der Waals surface area contributed by atoms with E-state index in [1.54, 1.807) is 6.92 Å². The van der Waals surface area contributed by atoms with Gasteiger partial charge in [0.05, 0.1) is 17.9 Å². The molecule has 0 bridgehead atoms. The monoisotopic (exact) mass is 500 g/mol. The molecule has 9 nitrogen and oxygen atoms in total. The fourth-order valence-corrected chi connectivity index (χ4v) is 5.67. The molecule has 2 amide bonds.